The zero-order chi connectivity index (χ0) is 12.8. The molecule has 1 amide bonds. The Morgan fingerprint density at radius 1 is 1.41 bits per heavy atom. The molecule has 1 rings (SSSR count). The first kappa shape index (κ1) is 14.5. The molecule has 1 fully saturated rings. The summed E-state index contributed by atoms with van der Waals surface area (Å²) in [5.41, 5.74) is 5.84. The number of hydrogen-bond acceptors (Lipinski definition) is 3. The highest BCUT2D eigenvalue weighted by Crippen LogP contribution is 2.14. The third kappa shape index (κ3) is 5.50. The molecule has 0 radical (unpaired) electrons. The molecule has 0 bridgehead atoms. The van der Waals surface area contributed by atoms with E-state index in [1.165, 1.54) is 12.8 Å². The minimum Gasteiger partial charge on any atom is -0.354 e. The van der Waals surface area contributed by atoms with E-state index in [1.54, 1.807) is 0 Å². The van der Waals surface area contributed by atoms with E-state index in [9.17, 15) is 4.79 Å². The number of piperidine rings is 1. The van der Waals surface area contributed by atoms with Crippen LogP contribution in [-0.4, -0.2) is 43.5 Å². The molecule has 17 heavy (non-hydrogen) atoms. The minimum atomic E-state index is -0.346. The van der Waals surface area contributed by atoms with Gasteiger partial charge in [-0.15, -0.1) is 0 Å². The third-order valence-corrected chi connectivity index (χ3v) is 3.47. The van der Waals surface area contributed by atoms with Crippen molar-refractivity contribution >= 4 is 5.91 Å². The second-order valence-corrected chi connectivity index (χ2v) is 5.73. The van der Waals surface area contributed by atoms with Gasteiger partial charge in [0, 0.05) is 6.54 Å². The van der Waals surface area contributed by atoms with Gasteiger partial charge in [-0.3, -0.25) is 4.79 Å². The topological polar surface area (TPSA) is 58.4 Å². The van der Waals surface area contributed by atoms with Gasteiger partial charge in [-0.25, -0.2) is 0 Å². The van der Waals surface area contributed by atoms with E-state index in [2.05, 4.69) is 31.1 Å². The molecule has 0 aromatic rings. The summed E-state index contributed by atoms with van der Waals surface area (Å²) in [4.78, 5) is 14.1. The van der Waals surface area contributed by atoms with Crippen molar-refractivity contribution in [2.24, 2.45) is 17.6 Å². The Balaban J connectivity index is 2.19. The Kier molecular flexibility index (Phi) is 5.92. The summed E-state index contributed by atoms with van der Waals surface area (Å²) < 4.78 is 0. The Morgan fingerprint density at radius 3 is 2.53 bits per heavy atom. The van der Waals surface area contributed by atoms with Gasteiger partial charge in [0.25, 0.3) is 0 Å². The molecule has 0 aromatic heterocycles. The summed E-state index contributed by atoms with van der Waals surface area (Å²) in [6.45, 7) is 7.24. The van der Waals surface area contributed by atoms with E-state index in [4.69, 9.17) is 5.73 Å². The lowest BCUT2D eigenvalue weighted by atomic mass is 9.97. The molecule has 1 atom stereocenters. The molecule has 1 aliphatic heterocycles. The number of carbonyl (C=O) groups is 1. The number of carbonyl (C=O) groups excluding carboxylic acids is 1. The van der Waals surface area contributed by atoms with Gasteiger partial charge in [0.05, 0.1) is 6.04 Å². The lowest BCUT2D eigenvalue weighted by Gasteiger charge is -2.29. The Morgan fingerprint density at radius 2 is 2.00 bits per heavy atom. The van der Waals surface area contributed by atoms with Crippen molar-refractivity contribution in [1.82, 2.24) is 10.2 Å². The van der Waals surface area contributed by atoms with Crippen LogP contribution in [0.25, 0.3) is 0 Å². The predicted octanol–water partition coefficient (Wildman–Crippen LogP) is 0.818. The van der Waals surface area contributed by atoms with Gasteiger partial charge in [0.15, 0.2) is 0 Å². The normalized spacial score (nSPS) is 20.5. The van der Waals surface area contributed by atoms with Crippen molar-refractivity contribution in [1.29, 1.82) is 0 Å². The molecule has 1 saturated heterocycles. The highest BCUT2D eigenvalue weighted by atomic mass is 16.2. The zero-order valence-electron chi connectivity index (χ0n) is 11.4. The van der Waals surface area contributed by atoms with Crippen LogP contribution in [0.2, 0.25) is 0 Å². The van der Waals surface area contributed by atoms with Gasteiger partial charge < -0.3 is 16.0 Å². The number of nitrogens with two attached hydrogens (primary N) is 1. The van der Waals surface area contributed by atoms with Gasteiger partial charge in [-0.2, -0.15) is 0 Å². The van der Waals surface area contributed by atoms with Crippen molar-refractivity contribution in [3.05, 3.63) is 0 Å². The molecule has 0 saturated carbocycles. The monoisotopic (exact) mass is 241 g/mol. The van der Waals surface area contributed by atoms with Crippen LogP contribution < -0.4 is 11.1 Å². The van der Waals surface area contributed by atoms with Gasteiger partial charge in [-0.1, -0.05) is 13.8 Å². The molecule has 100 valence electrons. The van der Waals surface area contributed by atoms with Crippen molar-refractivity contribution in [3.8, 4) is 0 Å². The van der Waals surface area contributed by atoms with E-state index in [0.29, 0.717) is 11.8 Å². The third-order valence-electron chi connectivity index (χ3n) is 3.47. The van der Waals surface area contributed by atoms with Crippen LogP contribution >= 0.6 is 0 Å². The first-order valence-electron chi connectivity index (χ1n) is 6.71. The van der Waals surface area contributed by atoms with Gasteiger partial charge in [0.1, 0.15) is 0 Å². The summed E-state index contributed by atoms with van der Waals surface area (Å²) in [5.74, 6) is 1.11. The number of rotatable bonds is 5. The van der Waals surface area contributed by atoms with Gasteiger partial charge in [-0.05, 0) is 51.2 Å². The van der Waals surface area contributed by atoms with E-state index in [0.717, 1.165) is 26.1 Å². The highest BCUT2D eigenvalue weighted by molar-refractivity contribution is 5.81. The molecule has 0 spiro atoms. The maximum absolute atomic E-state index is 11.7. The number of nitrogens with one attached hydrogen (secondary N) is 1. The molecule has 0 aromatic carbocycles. The molecule has 4 heteroatoms. The first-order valence-corrected chi connectivity index (χ1v) is 6.71. The smallest absolute Gasteiger partial charge is 0.236 e. The van der Waals surface area contributed by atoms with E-state index in [-0.39, 0.29) is 11.9 Å². The van der Waals surface area contributed by atoms with Crippen LogP contribution in [0.1, 0.15) is 33.1 Å². The Hall–Kier alpha value is -0.610. The molecule has 0 aliphatic carbocycles. The van der Waals surface area contributed by atoms with Crippen LogP contribution in [0, 0.1) is 11.8 Å². The van der Waals surface area contributed by atoms with Crippen LogP contribution in [0.5, 0.6) is 0 Å². The molecular weight excluding hydrogens is 214 g/mol. The second kappa shape index (κ2) is 6.97. The number of hydrogen-bond donors (Lipinski definition) is 2. The molecule has 0 unspecified atom stereocenters. The van der Waals surface area contributed by atoms with Crippen LogP contribution in [0.4, 0.5) is 0 Å². The van der Waals surface area contributed by atoms with Crippen molar-refractivity contribution in [2.45, 2.75) is 39.2 Å². The second-order valence-electron chi connectivity index (χ2n) is 5.73. The predicted molar refractivity (Wildman–Crippen MR) is 70.7 cm³/mol. The molecule has 1 aliphatic rings. The first-order chi connectivity index (χ1) is 7.99. The maximum atomic E-state index is 11.7. The summed E-state index contributed by atoms with van der Waals surface area (Å²) in [6.07, 6.45) is 3.12. The maximum Gasteiger partial charge on any atom is 0.236 e. The van der Waals surface area contributed by atoms with Gasteiger partial charge in [0.2, 0.25) is 5.91 Å². The lowest BCUT2D eigenvalue weighted by Crippen LogP contribution is -2.44. The largest absolute Gasteiger partial charge is 0.354 e. The lowest BCUT2D eigenvalue weighted by molar-refractivity contribution is -0.122. The summed E-state index contributed by atoms with van der Waals surface area (Å²) in [5, 5.41) is 2.99. The van der Waals surface area contributed by atoms with Crippen molar-refractivity contribution in [2.75, 3.05) is 26.7 Å². The van der Waals surface area contributed by atoms with Crippen LogP contribution in [0.3, 0.4) is 0 Å². The molecular formula is C13H27N3O. The summed E-state index contributed by atoms with van der Waals surface area (Å²) in [7, 11) is 2.15. The molecule has 3 N–H and O–H groups in total. The SMILES string of the molecule is CC(C)C[C@@H](N)C(=O)NCC1CCN(C)CC1. The van der Waals surface area contributed by atoms with Crippen LogP contribution in [0.15, 0.2) is 0 Å². The zero-order valence-corrected chi connectivity index (χ0v) is 11.4. The van der Waals surface area contributed by atoms with Crippen molar-refractivity contribution in [3.63, 3.8) is 0 Å². The minimum absolute atomic E-state index is 0.0117. The van der Waals surface area contributed by atoms with E-state index < -0.39 is 0 Å². The quantitative estimate of drug-likeness (QED) is 0.749. The summed E-state index contributed by atoms with van der Waals surface area (Å²) >= 11 is 0. The summed E-state index contributed by atoms with van der Waals surface area (Å²) in [6, 6.07) is -0.346. The fraction of sp³-hybridized carbons (Fsp3) is 0.923. The van der Waals surface area contributed by atoms with E-state index in [1.807, 2.05) is 0 Å². The highest BCUT2D eigenvalue weighted by Gasteiger charge is 2.19. The van der Waals surface area contributed by atoms with Crippen LogP contribution in [-0.2, 0) is 4.79 Å². The van der Waals surface area contributed by atoms with Crippen molar-refractivity contribution < 1.29 is 4.79 Å². The Labute approximate surface area is 105 Å². The molecule has 1 heterocycles. The van der Waals surface area contributed by atoms with Gasteiger partial charge >= 0.3 is 0 Å². The number of nitrogens with zero attached hydrogens (tertiary/aromatic N) is 1. The fourth-order valence-electron chi connectivity index (χ4n) is 2.26. The number of amides is 1. The Bertz CT molecular complexity index is 235. The molecule has 4 nitrogen and oxygen atoms in total. The average molecular weight is 241 g/mol. The van der Waals surface area contributed by atoms with E-state index >= 15 is 0 Å². The number of likely N-dealkylation sites (tertiary alicyclic amines) is 1. The fourth-order valence-corrected chi connectivity index (χ4v) is 2.26. The average Bonchev–Trinajstić information content (AvgIpc) is 2.27. The standard InChI is InChI=1S/C13H27N3O/c1-10(2)8-12(14)13(17)15-9-11-4-6-16(3)7-5-11/h10-12H,4-9,14H2,1-3H3,(H,15,17)/t12-/m1/s1.